The van der Waals surface area contributed by atoms with Crippen LogP contribution < -0.4 is 4.90 Å². The van der Waals surface area contributed by atoms with E-state index in [1.165, 1.54) is 6.33 Å². The van der Waals surface area contributed by atoms with Gasteiger partial charge in [-0.15, -0.1) is 0 Å². The molecule has 0 aliphatic carbocycles. The van der Waals surface area contributed by atoms with Gasteiger partial charge >= 0.3 is 5.97 Å². The van der Waals surface area contributed by atoms with Crippen molar-refractivity contribution in [2.75, 3.05) is 11.9 Å². The minimum absolute atomic E-state index is 0.261. The molecule has 3 aromatic rings. The van der Waals surface area contributed by atoms with Crippen LogP contribution in [0.5, 0.6) is 0 Å². The quantitative estimate of drug-likeness (QED) is 0.762. The van der Waals surface area contributed by atoms with Crippen molar-refractivity contribution in [2.45, 2.75) is 0 Å². The summed E-state index contributed by atoms with van der Waals surface area (Å²) < 4.78 is 0. The van der Waals surface area contributed by atoms with Gasteiger partial charge in [0.25, 0.3) is 0 Å². The third kappa shape index (κ3) is 1.97. The Morgan fingerprint density at radius 2 is 1.95 bits per heavy atom. The molecule has 2 heterocycles. The van der Waals surface area contributed by atoms with E-state index in [0.29, 0.717) is 0 Å². The van der Waals surface area contributed by atoms with Crippen LogP contribution in [0.25, 0.3) is 11.0 Å². The first-order valence-corrected chi connectivity index (χ1v) is 6.02. The summed E-state index contributed by atoms with van der Waals surface area (Å²) in [4.78, 5) is 24.2. The van der Waals surface area contributed by atoms with Crippen LogP contribution >= 0.6 is 0 Å². The highest BCUT2D eigenvalue weighted by Crippen LogP contribution is 2.27. The molecule has 0 aliphatic heterocycles. The van der Waals surface area contributed by atoms with Gasteiger partial charge in [-0.3, -0.25) is 0 Å². The van der Waals surface area contributed by atoms with Crippen molar-refractivity contribution in [3.8, 4) is 0 Å². The lowest BCUT2D eigenvalue weighted by molar-refractivity contribution is 0.0697. The van der Waals surface area contributed by atoms with E-state index in [4.69, 9.17) is 5.11 Å². The van der Waals surface area contributed by atoms with Crippen molar-refractivity contribution in [1.29, 1.82) is 0 Å². The highest BCUT2D eigenvalue weighted by atomic mass is 16.4. The second-order valence-electron chi connectivity index (χ2n) is 4.35. The predicted molar refractivity (Wildman–Crippen MR) is 75.4 cm³/mol. The van der Waals surface area contributed by atoms with E-state index in [1.807, 2.05) is 24.2 Å². The number of anilines is 2. The Hall–Kier alpha value is -2.89. The Kier molecular flexibility index (Phi) is 2.83. The monoisotopic (exact) mass is 268 g/mol. The van der Waals surface area contributed by atoms with Gasteiger partial charge in [0.15, 0.2) is 0 Å². The first-order valence-electron chi connectivity index (χ1n) is 6.02. The zero-order valence-electron chi connectivity index (χ0n) is 10.7. The fraction of sp³-hybridized carbons (Fsp3) is 0.0714. The molecule has 2 aromatic heterocycles. The van der Waals surface area contributed by atoms with Crippen molar-refractivity contribution < 1.29 is 9.90 Å². The smallest absolute Gasteiger partial charge is 0.335 e. The van der Waals surface area contributed by atoms with Gasteiger partial charge in [0.2, 0.25) is 0 Å². The van der Waals surface area contributed by atoms with Crippen molar-refractivity contribution >= 4 is 28.5 Å². The Morgan fingerprint density at radius 1 is 1.20 bits per heavy atom. The predicted octanol–water partition coefficient (Wildman–Crippen LogP) is 2.42. The van der Waals surface area contributed by atoms with E-state index >= 15 is 0 Å². The van der Waals surface area contributed by atoms with Gasteiger partial charge in [0.1, 0.15) is 17.8 Å². The average Bonchev–Trinajstić information content (AvgIpc) is 2.95. The minimum atomic E-state index is -0.936. The Bertz CT molecular complexity index is 764. The Labute approximate surface area is 114 Å². The number of fused-ring (bicyclic) bond motifs is 1. The lowest BCUT2D eigenvalue weighted by atomic mass is 10.2. The molecule has 0 atom stereocenters. The molecule has 1 aromatic carbocycles. The number of carbonyl (C=O) groups is 1. The number of hydrogen-bond donors (Lipinski definition) is 2. The van der Waals surface area contributed by atoms with E-state index in [9.17, 15) is 4.79 Å². The van der Waals surface area contributed by atoms with E-state index in [1.54, 1.807) is 24.3 Å². The zero-order valence-corrected chi connectivity index (χ0v) is 10.7. The van der Waals surface area contributed by atoms with Crippen LogP contribution in [-0.4, -0.2) is 33.1 Å². The highest BCUT2D eigenvalue weighted by Gasteiger charge is 2.11. The molecular weight excluding hydrogens is 256 g/mol. The number of carboxylic acids is 1. The van der Waals surface area contributed by atoms with Gasteiger partial charge in [-0.25, -0.2) is 14.8 Å². The standard InChI is InChI=1S/C14H12N4O2/c1-18(10-4-2-9(3-5-10)14(19)20)13-11-6-7-15-12(11)16-8-17-13/h2-8H,1H3,(H,19,20)(H,15,16,17). The third-order valence-corrected chi connectivity index (χ3v) is 3.15. The Morgan fingerprint density at radius 3 is 2.65 bits per heavy atom. The summed E-state index contributed by atoms with van der Waals surface area (Å²) >= 11 is 0. The van der Waals surface area contributed by atoms with E-state index < -0.39 is 5.97 Å². The molecule has 100 valence electrons. The number of hydrogen-bond acceptors (Lipinski definition) is 4. The molecule has 6 nitrogen and oxygen atoms in total. The number of aromatic nitrogens is 3. The van der Waals surface area contributed by atoms with Gasteiger partial charge in [0, 0.05) is 18.9 Å². The molecule has 0 saturated heterocycles. The molecule has 0 aliphatic rings. The van der Waals surface area contributed by atoms with E-state index in [0.717, 1.165) is 22.5 Å². The van der Waals surface area contributed by atoms with Crippen molar-refractivity contribution in [3.63, 3.8) is 0 Å². The second-order valence-corrected chi connectivity index (χ2v) is 4.35. The van der Waals surface area contributed by atoms with Crippen LogP contribution in [0.2, 0.25) is 0 Å². The van der Waals surface area contributed by atoms with Crippen molar-refractivity contribution in [3.05, 3.63) is 48.4 Å². The topological polar surface area (TPSA) is 82.1 Å². The maximum atomic E-state index is 10.9. The fourth-order valence-electron chi connectivity index (χ4n) is 2.08. The lowest BCUT2D eigenvalue weighted by Gasteiger charge is -2.18. The van der Waals surface area contributed by atoms with Crippen LogP contribution in [0.1, 0.15) is 10.4 Å². The normalized spacial score (nSPS) is 10.7. The van der Waals surface area contributed by atoms with Crippen LogP contribution in [0, 0.1) is 0 Å². The molecule has 0 radical (unpaired) electrons. The molecule has 0 spiro atoms. The largest absolute Gasteiger partial charge is 0.478 e. The number of aromatic carboxylic acids is 1. The molecule has 0 unspecified atom stereocenters. The van der Waals surface area contributed by atoms with Crippen molar-refractivity contribution in [2.24, 2.45) is 0 Å². The van der Waals surface area contributed by atoms with Gasteiger partial charge in [-0.2, -0.15) is 0 Å². The first kappa shape index (κ1) is 12.2. The summed E-state index contributed by atoms with van der Waals surface area (Å²) in [6.07, 6.45) is 3.31. The van der Waals surface area contributed by atoms with E-state index in [2.05, 4.69) is 15.0 Å². The van der Waals surface area contributed by atoms with E-state index in [-0.39, 0.29) is 5.56 Å². The van der Waals surface area contributed by atoms with Crippen LogP contribution in [0.4, 0.5) is 11.5 Å². The fourth-order valence-corrected chi connectivity index (χ4v) is 2.08. The number of aromatic amines is 1. The molecule has 0 fully saturated rings. The summed E-state index contributed by atoms with van der Waals surface area (Å²) in [5.74, 6) is -0.173. The maximum absolute atomic E-state index is 10.9. The summed E-state index contributed by atoms with van der Waals surface area (Å²) in [5.41, 5.74) is 1.89. The number of nitrogens with one attached hydrogen (secondary N) is 1. The van der Waals surface area contributed by atoms with Crippen LogP contribution in [0.15, 0.2) is 42.9 Å². The number of rotatable bonds is 3. The molecule has 20 heavy (non-hydrogen) atoms. The summed E-state index contributed by atoms with van der Waals surface area (Å²) in [6, 6.07) is 8.56. The summed E-state index contributed by atoms with van der Waals surface area (Å²) in [7, 11) is 1.88. The van der Waals surface area contributed by atoms with Crippen molar-refractivity contribution in [1.82, 2.24) is 15.0 Å². The number of H-pyrrole nitrogens is 1. The van der Waals surface area contributed by atoms with Gasteiger partial charge in [-0.05, 0) is 30.3 Å². The number of carboxylic acid groups (broad SMARTS) is 1. The molecule has 0 saturated carbocycles. The average molecular weight is 268 g/mol. The van der Waals surface area contributed by atoms with Gasteiger partial charge in [-0.1, -0.05) is 0 Å². The van der Waals surface area contributed by atoms with Crippen LogP contribution in [-0.2, 0) is 0 Å². The van der Waals surface area contributed by atoms with Crippen LogP contribution in [0.3, 0.4) is 0 Å². The minimum Gasteiger partial charge on any atom is -0.478 e. The SMILES string of the molecule is CN(c1ccc(C(=O)O)cc1)c1ncnc2[nH]ccc12. The zero-order chi connectivity index (χ0) is 14.1. The third-order valence-electron chi connectivity index (χ3n) is 3.15. The number of nitrogens with zero attached hydrogens (tertiary/aromatic N) is 3. The molecule has 2 N–H and O–H groups in total. The molecular formula is C14H12N4O2. The maximum Gasteiger partial charge on any atom is 0.335 e. The first-order chi connectivity index (χ1) is 9.66. The number of benzene rings is 1. The lowest BCUT2D eigenvalue weighted by Crippen LogP contribution is -2.12. The molecule has 0 amide bonds. The van der Waals surface area contributed by atoms with Gasteiger partial charge < -0.3 is 15.0 Å². The molecule has 6 heteroatoms. The summed E-state index contributed by atoms with van der Waals surface area (Å²) in [5, 5.41) is 9.82. The molecule has 3 rings (SSSR count). The highest BCUT2D eigenvalue weighted by molar-refractivity contribution is 5.90. The second kappa shape index (κ2) is 4.65. The molecule has 0 bridgehead atoms. The summed E-state index contributed by atoms with van der Waals surface area (Å²) in [6.45, 7) is 0. The van der Waals surface area contributed by atoms with Gasteiger partial charge in [0.05, 0.1) is 10.9 Å². The Balaban J connectivity index is 2.01.